The van der Waals surface area contributed by atoms with Crippen molar-refractivity contribution in [3.05, 3.63) is 57.3 Å². The molecule has 4 rings (SSSR count). The molecule has 1 aliphatic rings. The van der Waals surface area contributed by atoms with Crippen LogP contribution >= 0.6 is 0 Å². The number of rotatable bonds is 5. The highest BCUT2D eigenvalue weighted by molar-refractivity contribution is 5.78. The zero-order valence-electron chi connectivity index (χ0n) is 17.6. The SMILES string of the molecule is Cn1c(=O)c2ncn(C[C@H]3OC[C@@H](NC(=O)Cc4cccnc4)[C@H](O)[C@@H]3O)c2n(C)c1=O. The number of aryl methyl sites for hydroxylation is 1. The predicted octanol–water partition coefficient (Wildman–Crippen LogP) is -2.32. The normalized spacial score (nSPS) is 23.4. The average molecular weight is 444 g/mol. The number of carbonyl (C=O) groups excluding carboxylic acids is 1. The minimum absolute atomic E-state index is 0.0189. The Hall–Kier alpha value is -3.35. The number of pyridine rings is 1. The van der Waals surface area contributed by atoms with Gasteiger partial charge in [0.25, 0.3) is 5.56 Å². The molecular weight excluding hydrogens is 420 g/mol. The molecule has 1 amide bonds. The second-order valence-corrected chi connectivity index (χ2v) is 7.84. The first-order valence-corrected chi connectivity index (χ1v) is 10.0. The molecule has 3 N–H and O–H groups in total. The number of aromatic nitrogens is 5. The molecule has 0 unspecified atom stereocenters. The predicted molar refractivity (Wildman–Crippen MR) is 112 cm³/mol. The van der Waals surface area contributed by atoms with Gasteiger partial charge >= 0.3 is 5.69 Å². The first kappa shape index (κ1) is 21.9. The number of aliphatic hydroxyl groups is 2. The van der Waals surface area contributed by atoms with Crippen LogP contribution in [0.3, 0.4) is 0 Å². The van der Waals surface area contributed by atoms with E-state index in [0.29, 0.717) is 0 Å². The van der Waals surface area contributed by atoms with Gasteiger partial charge in [0, 0.05) is 26.5 Å². The number of hydrogen-bond donors (Lipinski definition) is 3. The molecule has 0 spiro atoms. The Morgan fingerprint density at radius 3 is 2.75 bits per heavy atom. The van der Waals surface area contributed by atoms with Crippen molar-refractivity contribution in [2.75, 3.05) is 6.61 Å². The fourth-order valence-electron chi connectivity index (χ4n) is 3.88. The molecule has 4 atom stereocenters. The molecule has 1 saturated heterocycles. The lowest BCUT2D eigenvalue weighted by Crippen LogP contribution is -2.60. The molecule has 3 aromatic heterocycles. The van der Waals surface area contributed by atoms with Crippen molar-refractivity contribution in [2.45, 2.75) is 37.3 Å². The van der Waals surface area contributed by atoms with Gasteiger partial charge in [-0.3, -0.25) is 23.7 Å². The van der Waals surface area contributed by atoms with E-state index in [-0.39, 0.29) is 36.6 Å². The number of fused-ring (bicyclic) bond motifs is 1. The third-order valence-electron chi connectivity index (χ3n) is 5.65. The van der Waals surface area contributed by atoms with E-state index in [1.54, 1.807) is 24.5 Å². The van der Waals surface area contributed by atoms with Gasteiger partial charge in [-0.25, -0.2) is 9.78 Å². The summed E-state index contributed by atoms with van der Waals surface area (Å²) >= 11 is 0. The second-order valence-electron chi connectivity index (χ2n) is 7.84. The number of ether oxygens (including phenoxy) is 1. The molecule has 1 fully saturated rings. The van der Waals surface area contributed by atoms with Crippen LogP contribution in [0.1, 0.15) is 5.56 Å². The Kier molecular flexibility index (Phi) is 5.91. The standard InChI is InChI=1S/C20H24N6O6/c1-24-18-15(19(30)25(2)20(24)31)22-10-26(18)8-13-17(29)16(28)12(9-32-13)23-14(27)6-11-4-3-5-21-7-11/h3-5,7,10,12-13,16-17,28-29H,6,8-9H2,1-2H3,(H,23,27)/t12-,13-,16+,17-/m1/s1. The largest absolute Gasteiger partial charge is 0.388 e. The highest BCUT2D eigenvalue weighted by Crippen LogP contribution is 2.19. The molecule has 0 aliphatic carbocycles. The average Bonchev–Trinajstić information content (AvgIpc) is 3.20. The van der Waals surface area contributed by atoms with Crippen LogP contribution in [0.2, 0.25) is 0 Å². The zero-order valence-corrected chi connectivity index (χ0v) is 17.6. The van der Waals surface area contributed by atoms with Crippen LogP contribution in [0.25, 0.3) is 11.2 Å². The molecule has 170 valence electrons. The van der Waals surface area contributed by atoms with Crippen molar-refractivity contribution >= 4 is 17.1 Å². The third-order valence-corrected chi connectivity index (χ3v) is 5.65. The minimum Gasteiger partial charge on any atom is -0.388 e. The Bertz CT molecular complexity index is 1250. The molecule has 12 nitrogen and oxygen atoms in total. The van der Waals surface area contributed by atoms with Crippen LogP contribution in [0.5, 0.6) is 0 Å². The van der Waals surface area contributed by atoms with Crippen molar-refractivity contribution in [1.82, 2.24) is 29.0 Å². The van der Waals surface area contributed by atoms with Gasteiger partial charge in [-0.15, -0.1) is 0 Å². The molecular formula is C20H24N6O6. The van der Waals surface area contributed by atoms with Crippen molar-refractivity contribution in [3.63, 3.8) is 0 Å². The van der Waals surface area contributed by atoms with Crippen LogP contribution in [0.15, 0.2) is 40.4 Å². The molecule has 0 saturated carbocycles. The zero-order chi connectivity index (χ0) is 23.0. The van der Waals surface area contributed by atoms with Crippen molar-refractivity contribution in [3.8, 4) is 0 Å². The first-order chi connectivity index (χ1) is 15.3. The van der Waals surface area contributed by atoms with E-state index in [1.165, 1.54) is 29.6 Å². The first-order valence-electron chi connectivity index (χ1n) is 10.0. The number of amides is 1. The smallest absolute Gasteiger partial charge is 0.332 e. The van der Waals surface area contributed by atoms with Crippen molar-refractivity contribution < 1.29 is 19.7 Å². The van der Waals surface area contributed by atoms with E-state index in [9.17, 15) is 24.6 Å². The van der Waals surface area contributed by atoms with E-state index in [4.69, 9.17) is 4.74 Å². The van der Waals surface area contributed by atoms with Gasteiger partial charge < -0.3 is 24.8 Å². The Balaban J connectivity index is 1.46. The summed E-state index contributed by atoms with van der Waals surface area (Å²) in [5, 5.41) is 23.8. The summed E-state index contributed by atoms with van der Waals surface area (Å²) in [6.07, 6.45) is 1.24. The van der Waals surface area contributed by atoms with Crippen LogP contribution in [0, 0.1) is 0 Å². The molecule has 4 heterocycles. The second kappa shape index (κ2) is 8.65. The topological polar surface area (TPSA) is 154 Å². The summed E-state index contributed by atoms with van der Waals surface area (Å²) in [6, 6.07) is 2.70. The maximum Gasteiger partial charge on any atom is 0.332 e. The monoisotopic (exact) mass is 444 g/mol. The van der Waals surface area contributed by atoms with E-state index < -0.39 is 35.6 Å². The Morgan fingerprint density at radius 2 is 2.03 bits per heavy atom. The molecule has 3 aromatic rings. The van der Waals surface area contributed by atoms with Crippen molar-refractivity contribution in [2.24, 2.45) is 14.1 Å². The number of nitrogens with zero attached hydrogens (tertiary/aromatic N) is 5. The summed E-state index contributed by atoms with van der Waals surface area (Å²) in [5.41, 5.74) is 0.0869. The molecule has 0 aromatic carbocycles. The fourth-order valence-corrected chi connectivity index (χ4v) is 3.88. The number of imidazole rings is 1. The Labute approximate surface area is 181 Å². The van der Waals surface area contributed by atoms with E-state index in [0.717, 1.165) is 10.1 Å². The molecule has 0 bridgehead atoms. The van der Waals surface area contributed by atoms with Crippen LogP contribution in [-0.4, -0.2) is 70.8 Å². The van der Waals surface area contributed by atoms with Crippen LogP contribution in [0.4, 0.5) is 0 Å². The van der Waals surface area contributed by atoms with Gasteiger partial charge in [0.2, 0.25) is 5.91 Å². The van der Waals surface area contributed by atoms with Gasteiger partial charge in [0.1, 0.15) is 24.0 Å². The van der Waals surface area contributed by atoms with Gasteiger partial charge in [0.05, 0.1) is 31.9 Å². The summed E-state index contributed by atoms with van der Waals surface area (Å²) in [6.45, 7) is 0.0283. The summed E-state index contributed by atoms with van der Waals surface area (Å²) in [5.74, 6) is -0.331. The van der Waals surface area contributed by atoms with E-state index in [2.05, 4.69) is 15.3 Å². The lowest BCUT2D eigenvalue weighted by atomic mass is 9.97. The molecule has 12 heteroatoms. The number of carbonyl (C=O) groups is 1. The van der Waals surface area contributed by atoms with E-state index >= 15 is 0 Å². The van der Waals surface area contributed by atoms with Gasteiger partial charge in [0.15, 0.2) is 5.52 Å². The maximum atomic E-state index is 12.3. The maximum absolute atomic E-state index is 12.3. The Morgan fingerprint density at radius 1 is 1.25 bits per heavy atom. The fraction of sp³-hybridized carbons (Fsp3) is 0.450. The van der Waals surface area contributed by atoms with Gasteiger partial charge in [-0.05, 0) is 11.6 Å². The third kappa shape index (κ3) is 3.95. The number of aliphatic hydroxyl groups excluding tert-OH is 2. The lowest BCUT2D eigenvalue weighted by molar-refractivity contribution is -0.158. The summed E-state index contributed by atoms with van der Waals surface area (Å²) < 4.78 is 9.50. The minimum atomic E-state index is -1.31. The van der Waals surface area contributed by atoms with Crippen LogP contribution < -0.4 is 16.6 Å². The lowest BCUT2D eigenvalue weighted by Gasteiger charge is -2.38. The highest BCUT2D eigenvalue weighted by atomic mass is 16.5. The molecule has 32 heavy (non-hydrogen) atoms. The molecule has 1 aliphatic heterocycles. The quantitative estimate of drug-likeness (QED) is 0.396. The van der Waals surface area contributed by atoms with Crippen molar-refractivity contribution in [1.29, 1.82) is 0 Å². The van der Waals surface area contributed by atoms with Crippen LogP contribution in [-0.2, 0) is 36.6 Å². The summed E-state index contributed by atoms with van der Waals surface area (Å²) in [4.78, 5) is 44.9. The number of nitrogens with one attached hydrogen (secondary N) is 1. The summed E-state index contributed by atoms with van der Waals surface area (Å²) in [7, 11) is 2.89. The molecule has 0 radical (unpaired) electrons. The van der Waals surface area contributed by atoms with Gasteiger partial charge in [-0.2, -0.15) is 0 Å². The number of hydrogen-bond acceptors (Lipinski definition) is 8. The highest BCUT2D eigenvalue weighted by Gasteiger charge is 2.39. The van der Waals surface area contributed by atoms with E-state index in [1.807, 2.05) is 0 Å². The van der Waals surface area contributed by atoms with Gasteiger partial charge in [-0.1, -0.05) is 6.07 Å².